The lowest BCUT2D eigenvalue weighted by atomic mass is 9.96. The predicted molar refractivity (Wildman–Crippen MR) is 70.8 cm³/mol. The van der Waals surface area contributed by atoms with Crippen LogP contribution in [0.4, 0.5) is 0 Å². The van der Waals surface area contributed by atoms with Gasteiger partial charge in [-0.1, -0.05) is 0 Å². The molecule has 3 N–H and O–H groups in total. The summed E-state index contributed by atoms with van der Waals surface area (Å²) in [6, 6.07) is 0. The second-order valence-electron chi connectivity index (χ2n) is 5.05. The van der Waals surface area contributed by atoms with E-state index in [1.54, 1.807) is 0 Å². The van der Waals surface area contributed by atoms with E-state index >= 15 is 0 Å². The summed E-state index contributed by atoms with van der Waals surface area (Å²) in [6.45, 7) is 3.57. The number of carbonyl (C=O) groups is 1. The van der Waals surface area contributed by atoms with Gasteiger partial charge in [-0.25, -0.2) is 0 Å². The van der Waals surface area contributed by atoms with Crippen LogP contribution in [0.25, 0.3) is 0 Å². The van der Waals surface area contributed by atoms with Crippen LogP contribution in [-0.2, 0) is 9.53 Å². The van der Waals surface area contributed by atoms with Crippen LogP contribution < -0.4 is 10.6 Å². The highest BCUT2D eigenvalue weighted by atomic mass is 35.5. The Hall–Kier alpha value is -0.360. The Balaban J connectivity index is 0.00000162. The summed E-state index contributed by atoms with van der Waals surface area (Å²) in [4.78, 5) is 11.7. The van der Waals surface area contributed by atoms with Crippen molar-refractivity contribution >= 4 is 18.3 Å². The number of ether oxygens (including phenoxy) is 1. The molecule has 2 heterocycles. The molecule has 0 radical (unpaired) electrons. The van der Waals surface area contributed by atoms with Crippen molar-refractivity contribution in [2.75, 3.05) is 32.8 Å². The molecule has 0 aliphatic carbocycles. The lowest BCUT2D eigenvalue weighted by molar-refractivity contribution is -0.122. The molecule has 0 spiro atoms. The molecular weight excluding hydrogens is 256 g/mol. The van der Waals surface area contributed by atoms with Crippen LogP contribution in [0.3, 0.4) is 0 Å². The van der Waals surface area contributed by atoms with Crippen molar-refractivity contribution in [3.05, 3.63) is 0 Å². The van der Waals surface area contributed by atoms with Gasteiger partial charge in [0.05, 0.1) is 6.10 Å². The molecule has 6 heteroatoms. The standard InChI is InChI=1S/C12H22N2O3.ClH/c15-11-8-13-6-10(11)7-14-12(16)5-9-1-3-17-4-2-9;/h9-11,13,15H,1-8H2,(H,14,16);1H. The molecule has 0 aromatic heterocycles. The molecule has 2 atom stereocenters. The smallest absolute Gasteiger partial charge is 0.220 e. The van der Waals surface area contributed by atoms with Gasteiger partial charge in [-0.05, 0) is 18.8 Å². The Morgan fingerprint density at radius 1 is 1.33 bits per heavy atom. The van der Waals surface area contributed by atoms with Crippen molar-refractivity contribution in [2.24, 2.45) is 11.8 Å². The molecule has 0 aromatic rings. The highest BCUT2D eigenvalue weighted by Gasteiger charge is 2.25. The molecule has 0 aromatic carbocycles. The van der Waals surface area contributed by atoms with Gasteiger partial charge in [0.2, 0.25) is 5.91 Å². The summed E-state index contributed by atoms with van der Waals surface area (Å²) in [5, 5.41) is 15.6. The molecule has 0 saturated carbocycles. The van der Waals surface area contributed by atoms with Crippen molar-refractivity contribution in [2.45, 2.75) is 25.4 Å². The molecule has 2 fully saturated rings. The van der Waals surface area contributed by atoms with E-state index in [0.29, 0.717) is 25.4 Å². The molecule has 106 valence electrons. The number of hydrogen-bond donors (Lipinski definition) is 3. The number of carbonyl (C=O) groups excluding carboxylic acids is 1. The van der Waals surface area contributed by atoms with Gasteiger partial charge in [-0.15, -0.1) is 12.4 Å². The van der Waals surface area contributed by atoms with Crippen molar-refractivity contribution in [3.8, 4) is 0 Å². The number of nitrogens with one attached hydrogen (secondary N) is 2. The molecule has 5 nitrogen and oxygen atoms in total. The van der Waals surface area contributed by atoms with E-state index in [4.69, 9.17) is 4.74 Å². The second-order valence-corrected chi connectivity index (χ2v) is 5.05. The van der Waals surface area contributed by atoms with Gasteiger partial charge < -0.3 is 20.5 Å². The maximum Gasteiger partial charge on any atom is 0.220 e. The topological polar surface area (TPSA) is 70.6 Å². The Morgan fingerprint density at radius 2 is 2.06 bits per heavy atom. The zero-order valence-corrected chi connectivity index (χ0v) is 11.4. The monoisotopic (exact) mass is 278 g/mol. The Kier molecular flexibility index (Phi) is 6.92. The lowest BCUT2D eigenvalue weighted by Gasteiger charge is -2.22. The number of β-amino-alcohol motifs (C(OH)–C–C–N with tert-alkyl or cyclic N) is 1. The van der Waals surface area contributed by atoms with Gasteiger partial charge in [0.15, 0.2) is 0 Å². The van der Waals surface area contributed by atoms with Gasteiger partial charge in [0.1, 0.15) is 0 Å². The zero-order chi connectivity index (χ0) is 12.1. The first kappa shape index (κ1) is 15.7. The summed E-state index contributed by atoms with van der Waals surface area (Å²) >= 11 is 0. The predicted octanol–water partition coefficient (Wildman–Crippen LogP) is -0.0786. The molecule has 2 rings (SSSR count). The molecule has 2 aliphatic rings. The Bertz CT molecular complexity index is 260. The second kappa shape index (κ2) is 7.94. The number of aliphatic hydroxyl groups excluding tert-OH is 1. The fraction of sp³-hybridized carbons (Fsp3) is 0.917. The van der Waals surface area contributed by atoms with E-state index in [1.807, 2.05) is 0 Å². The molecular formula is C12H23ClN2O3. The number of hydrogen-bond acceptors (Lipinski definition) is 4. The average Bonchev–Trinajstić information content (AvgIpc) is 2.74. The molecule has 2 aliphatic heterocycles. The summed E-state index contributed by atoms with van der Waals surface area (Å²) in [7, 11) is 0. The maximum absolute atomic E-state index is 11.7. The molecule has 2 unspecified atom stereocenters. The number of halogens is 1. The van der Waals surface area contributed by atoms with E-state index in [-0.39, 0.29) is 30.3 Å². The number of amides is 1. The fourth-order valence-corrected chi connectivity index (χ4v) is 2.46. The van der Waals surface area contributed by atoms with Crippen LogP contribution in [0.5, 0.6) is 0 Å². The number of aliphatic hydroxyl groups is 1. The van der Waals surface area contributed by atoms with Gasteiger partial charge >= 0.3 is 0 Å². The minimum Gasteiger partial charge on any atom is -0.391 e. The SMILES string of the molecule is Cl.O=C(CC1CCOCC1)NCC1CNCC1O. The summed E-state index contributed by atoms with van der Waals surface area (Å²) in [5.41, 5.74) is 0. The average molecular weight is 279 g/mol. The quantitative estimate of drug-likeness (QED) is 0.673. The third kappa shape index (κ3) is 4.72. The molecule has 0 bridgehead atoms. The van der Waals surface area contributed by atoms with Crippen LogP contribution in [0.2, 0.25) is 0 Å². The van der Waals surface area contributed by atoms with E-state index in [1.165, 1.54) is 0 Å². The van der Waals surface area contributed by atoms with E-state index < -0.39 is 0 Å². The highest BCUT2D eigenvalue weighted by Crippen LogP contribution is 2.18. The van der Waals surface area contributed by atoms with E-state index in [2.05, 4.69) is 10.6 Å². The molecule has 1 amide bonds. The third-order valence-electron chi connectivity index (χ3n) is 3.68. The van der Waals surface area contributed by atoms with Crippen LogP contribution in [0, 0.1) is 11.8 Å². The fourth-order valence-electron chi connectivity index (χ4n) is 2.46. The summed E-state index contributed by atoms with van der Waals surface area (Å²) in [5.74, 6) is 0.736. The zero-order valence-electron chi connectivity index (χ0n) is 10.6. The summed E-state index contributed by atoms with van der Waals surface area (Å²) in [6.07, 6.45) is 2.25. The van der Waals surface area contributed by atoms with Crippen molar-refractivity contribution < 1.29 is 14.6 Å². The first-order valence-corrected chi connectivity index (χ1v) is 6.49. The van der Waals surface area contributed by atoms with Crippen molar-refractivity contribution in [1.82, 2.24) is 10.6 Å². The number of rotatable bonds is 4. The van der Waals surface area contributed by atoms with Gasteiger partial charge in [-0.3, -0.25) is 4.79 Å². The first-order valence-electron chi connectivity index (χ1n) is 6.49. The maximum atomic E-state index is 11.7. The van der Waals surface area contributed by atoms with Gasteiger partial charge in [-0.2, -0.15) is 0 Å². The molecule has 18 heavy (non-hydrogen) atoms. The minimum atomic E-state index is -0.321. The third-order valence-corrected chi connectivity index (χ3v) is 3.68. The summed E-state index contributed by atoms with van der Waals surface area (Å²) < 4.78 is 5.26. The lowest BCUT2D eigenvalue weighted by Crippen LogP contribution is -2.35. The van der Waals surface area contributed by atoms with Crippen LogP contribution in [-0.4, -0.2) is 50.0 Å². The van der Waals surface area contributed by atoms with Gasteiger partial charge in [0.25, 0.3) is 0 Å². The minimum absolute atomic E-state index is 0. The van der Waals surface area contributed by atoms with Crippen LogP contribution >= 0.6 is 12.4 Å². The van der Waals surface area contributed by atoms with Gasteiger partial charge in [0, 0.05) is 45.2 Å². The first-order chi connectivity index (χ1) is 8.25. The highest BCUT2D eigenvalue weighted by molar-refractivity contribution is 5.85. The Labute approximate surface area is 114 Å². The Morgan fingerprint density at radius 3 is 2.67 bits per heavy atom. The largest absolute Gasteiger partial charge is 0.391 e. The van der Waals surface area contributed by atoms with Crippen LogP contribution in [0.15, 0.2) is 0 Å². The molecule has 2 saturated heterocycles. The van der Waals surface area contributed by atoms with Crippen molar-refractivity contribution in [1.29, 1.82) is 0 Å². The normalized spacial score (nSPS) is 28.7. The van der Waals surface area contributed by atoms with E-state index in [9.17, 15) is 9.90 Å². The van der Waals surface area contributed by atoms with E-state index in [0.717, 1.165) is 32.6 Å². The van der Waals surface area contributed by atoms with Crippen LogP contribution in [0.1, 0.15) is 19.3 Å². The van der Waals surface area contributed by atoms with Crippen molar-refractivity contribution in [3.63, 3.8) is 0 Å².